The summed E-state index contributed by atoms with van der Waals surface area (Å²) in [6, 6.07) is 12.6. The Morgan fingerprint density at radius 3 is 2.64 bits per heavy atom. The second-order valence-corrected chi connectivity index (χ2v) is 9.63. The van der Waals surface area contributed by atoms with E-state index in [-0.39, 0.29) is 31.2 Å². The number of anilines is 1. The quantitative estimate of drug-likeness (QED) is 0.367. The number of pyridine rings is 1. The van der Waals surface area contributed by atoms with Gasteiger partial charge in [0, 0.05) is 29.6 Å². The number of ether oxygens (including phenoxy) is 1. The van der Waals surface area contributed by atoms with Crippen LogP contribution in [0.25, 0.3) is 10.8 Å². The molecule has 2 amide bonds. The van der Waals surface area contributed by atoms with Gasteiger partial charge in [0.15, 0.2) is 0 Å². The fraction of sp³-hybridized carbons (Fsp3) is 0.370. The molecule has 0 bridgehead atoms. The van der Waals surface area contributed by atoms with Crippen molar-refractivity contribution < 1.29 is 23.8 Å². The van der Waals surface area contributed by atoms with Crippen LogP contribution in [0, 0.1) is 5.82 Å². The lowest BCUT2D eigenvalue weighted by atomic mass is 9.98. The monoisotopic (exact) mass is 515 g/mol. The van der Waals surface area contributed by atoms with Crippen molar-refractivity contribution in [3.8, 4) is 0 Å². The number of nitrogens with zero attached hydrogens (tertiary/aromatic N) is 2. The van der Waals surface area contributed by atoms with E-state index in [0.29, 0.717) is 23.4 Å². The molecule has 7 nitrogen and oxygen atoms in total. The number of hydrogen-bond acceptors (Lipinski definition) is 5. The highest BCUT2D eigenvalue weighted by Crippen LogP contribution is 2.21. The Labute approximate surface area is 215 Å². The van der Waals surface area contributed by atoms with Crippen LogP contribution in [0.5, 0.6) is 0 Å². The molecule has 0 aliphatic heterocycles. The molecule has 1 heterocycles. The van der Waals surface area contributed by atoms with E-state index in [4.69, 9.17) is 16.3 Å². The average Bonchev–Trinajstić information content (AvgIpc) is 2.81. The van der Waals surface area contributed by atoms with Crippen LogP contribution in [0.15, 0.2) is 54.7 Å². The van der Waals surface area contributed by atoms with Gasteiger partial charge in [0.1, 0.15) is 18.2 Å². The van der Waals surface area contributed by atoms with Crippen molar-refractivity contribution in [2.45, 2.75) is 51.7 Å². The molecule has 0 saturated heterocycles. The maximum atomic E-state index is 13.5. The molecule has 36 heavy (non-hydrogen) atoms. The first kappa shape index (κ1) is 27.4. The Kier molecular flexibility index (Phi) is 9.23. The number of fused-ring (bicyclic) bond motifs is 1. The summed E-state index contributed by atoms with van der Waals surface area (Å²) in [7, 11) is 0. The van der Waals surface area contributed by atoms with Crippen LogP contribution in [0.4, 0.5) is 15.0 Å². The average molecular weight is 516 g/mol. The molecule has 0 aliphatic rings. The Morgan fingerprint density at radius 2 is 1.94 bits per heavy atom. The molecule has 1 atom stereocenters. The number of aromatic nitrogens is 1. The van der Waals surface area contributed by atoms with Gasteiger partial charge in [0.2, 0.25) is 5.91 Å². The summed E-state index contributed by atoms with van der Waals surface area (Å²) in [6.45, 7) is 5.37. The molecule has 2 N–H and O–H groups in total. The molecule has 0 unspecified atom stereocenters. The van der Waals surface area contributed by atoms with Gasteiger partial charge in [-0.05, 0) is 74.9 Å². The van der Waals surface area contributed by atoms with Crippen molar-refractivity contribution in [1.82, 2.24) is 9.88 Å². The zero-order chi connectivity index (χ0) is 26.3. The number of halogens is 2. The molecular formula is C27H31ClFN3O4. The first-order valence-corrected chi connectivity index (χ1v) is 12.2. The maximum Gasteiger partial charge on any atom is 0.412 e. The summed E-state index contributed by atoms with van der Waals surface area (Å²) >= 11 is 6.22. The second-order valence-electron chi connectivity index (χ2n) is 9.23. The first-order chi connectivity index (χ1) is 17.1. The first-order valence-electron chi connectivity index (χ1n) is 11.8. The minimum Gasteiger partial charge on any atom is -0.447 e. The number of nitrogens with one attached hydrogen (secondary N) is 1. The van der Waals surface area contributed by atoms with Gasteiger partial charge >= 0.3 is 6.09 Å². The van der Waals surface area contributed by atoms with Crippen molar-refractivity contribution in [2.24, 2.45) is 0 Å². The maximum absolute atomic E-state index is 13.5. The largest absolute Gasteiger partial charge is 0.447 e. The smallest absolute Gasteiger partial charge is 0.412 e. The Morgan fingerprint density at radius 1 is 1.19 bits per heavy atom. The third-order valence-corrected chi connectivity index (χ3v) is 6.09. The van der Waals surface area contributed by atoms with Gasteiger partial charge in [0.25, 0.3) is 0 Å². The van der Waals surface area contributed by atoms with Crippen molar-refractivity contribution in [2.75, 3.05) is 18.5 Å². The Bertz CT molecular complexity index is 1220. The molecule has 0 fully saturated rings. The number of benzene rings is 2. The molecule has 2 aromatic carbocycles. The molecule has 0 spiro atoms. The molecule has 0 radical (unpaired) electrons. The Balaban J connectivity index is 1.65. The number of likely N-dealkylation sites (N-methyl/N-ethyl adjacent to an activating group) is 1. The van der Waals surface area contributed by atoms with Crippen LogP contribution in [-0.4, -0.2) is 51.8 Å². The molecular weight excluding hydrogens is 485 g/mol. The molecule has 1 aromatic heterocycles. The predicted octanol–water partition coefficient (Wildman–Crippen LogP) is 5.59. The number of amides is 2. The third kappa shape index (κ3) is 7.90. The van der Waals surface area contributed by atoms with E-state index in [1.807, 2.05) is 25.1 Å². The number of hydrogen-bond donors (Lipinski definition) is 2. The number of carbonyl (C=O) groups excluding carboxylic acids is 2. The van der Waals surface area contributed by atoms with E-state index in [0.717, 1.165) is 10.9 Å². The van der Waals surface area contributed by atoms with Crippen molar-refractivity contribution in [3.05, 3.63) is 71.1 Å². The molecule has 3 aromatic rings. The van der Waals surface area contributed by atoms with Gasteiger partial charge in [0.05, 0.1) is 11.6 Å². The van der Waals surface area contributed by atoms with Crippen LogP contribution in [0.2, 0.25) is 5.02 Å². The zero-order valence-corrected chi connectivity index (χ0v) is 21.4. The van der Waals surface area contributed by atoms with Crippen LogP contribution in [0.1, 0.15) is 39.2 Å². The fourth-order valence-electron chi connectivity index (χ4n) is 4.05. The number of rotatable bonds is 10. The summed E-state index contributed by atoms with van der Waals surface area (Å²) < 4.78 is 18.9. The van der Waals surface area contributed by atoms with Crippen LogP contribution < -0.4 is 5.32 Å². The highest BCUT2D eigenvalue weighted by Gasteiger charge is 2.29. The van der Waals surface area contributed by atoms with Gasteiger partial charge in [-0.25, -0.2) is 14.2 Å². The molecule has 0 saturated carbocycles. The summed E-state index contributed by atoms with van der Waals surface area (Å²) in [5.41, 5.74) is -0.216. The van der Waals surface area contributed by atoms with Gasteiger partial charge in [-0.3, -0.25) is 10.1 Å². The Hall–Kier alpha value is -3.23. The van der Waals surface area contributed by atoms with Crippen LogP contribution >= 0.6 is 11.6 Å². The lowest BCUT2D eigenvalue weighted by Crippen LogP contribution is -2.47. The highest BCUT2D eigenvalue weighted by atomic mass is 35.5. The van der Waals surface area contributed by atoms with Crippen molar-refractivity contribution >= 4 is 40.2 Å². The van der Waals surface area contributed by atoms with E-state index < -0.39 is 23.6 Å². The predicted molar refractivity (Wildman–Crippen MR) is 139 cm³/mol. The lowest BCUT2D eigenvalue weighted by Gasteiger charge is -2.34. The van der Waals surface area contributed by atoms with Crippen LogP contribution in [0.3, 0.4) is 0 Å². The van der Waals surface area contributed by atoms with Gasteiger partial charge in [-0.1, -0.05) is 29.8 Å². The topological polar surface area (TPSA) is 91.8 Å². The normalized spacial score (nSPS) is 12.3. The van der Waals surface area contributed by atoms with Gasteiger partial charge in [-0.15, -0.1) is 0 Å². The van der Waals surface area contributed by atoms with E-state index in [1.165, 1.54) is 18.3 Å². The summed E-state index contributed by atoms with van der Waals surface area (Å²) in [5, 5.41) is 14.9. The fourth-order valence-corrected chi connectivity index (χ4v) is 4.28. The minimum absolute atomic E-state index is 0.121. The van der Waals surface area contributed by atoms with Crippen molar-refractivity contribution in [3.63, 3.8) is 0 Å². The zero-order valence-electron chi connectivity index (χ0n) is 20.6. The number of aryl methyl sites for hydroxylation is 1. The van der Waals surface area contributed by atoms with Gasteiger partial charge in [-0.2, -0.15) is 0 Å². The summed E-state index contributed by atoms with van der Waals surface area (Å²) in [5.74, 6) is -0.315. The lowest BCUT2D eigenvalue weighted by molar-refractivity contribution is -0.135. The van der Waals surface area contributed by atoms with E-state index in [2.05, 4.69) is 10.3 Å². The molecule has 0 aliphatic carbocycles. The third-order valence-electron chi connectivity index (χ3n) is 5.72. The summed E-state index contributed by atoms with van der Waals surface area (Å²) in [4.78, 5) is 31.3. The number of carbonyl (C=O) groups is 2. The molecule has 9 heteroatoms. The van der Waals surface area contributed by atoms with E-state index in [9.17, 15) is 19.1 Å². The summed E-state index contributed by atoms with van der Waals surface area (Å²) in [6.07, 6.45) is 1.67. The molecule has 192 valence electrons. The number of aliphatic hydroxyl groups is 1. The van der Waals surface area contributed by atoms with Gasteiger partial charge < -0.3 is 14.7 Å². The van der Waals surface area contributed by atoms with E-state index in [1.54, 1.807) is 36.9 Å². The highest BCUT2D eigenvalue weighted by molar-refractivity contribution is 6.31. The minimum atomic E-state index is -1.09. The van der Waals surface area contributed by atoms with Crippen molar-refractivity contribution in [1.29, 1.82) is 0 Å². The SMILES string of the molecule is CCN(C(=O)CCc1ccccc1Cl)[C@H](COC(=O)Nc1cc2cc(F)ccc2cn1)CC(C)(C)O. The molecule has 3 rings (SSSR count). The van der Waals surface area contributed by atoms with Crippen LogP contribution in [-0.2, 0) is 16.0 Å². The second kappa shape index (κ2) is 12.1. The van der Waals surface area contributed by atoms with E-state index >= 15 is 0 Å². The standard InChI is InChI=1S/C27H31ClFN3O4/c1-4-32(25(33)12-10-18-7-5-6-8-23(18)28)22(15-27(2,3)35)17-36-26(34)31-24-14-20-13-21(29)11-9-19(20)16-30-24/h5-9,11,13-14,16,22,35H,4,10,12,15,17H2,1-3H3,(H,30,31,34)/t22-/m0/s1.